The largest absolute Gasteiger partial charge is 0.497 e. The predicted octanol–water partition coefficient (Wildman–Crippen LogP) is 3.84. The summed E-state index contributed by atoms with van der Waals surface area (Å²) in [6.45, 7) is 2.54. The molecule has 122 valence electrons. The SMILES string of the molecule is CCC(COc1ccc(OC)cc1)C(=O)OCc1ccccc1. The zero-order valence-corrected chi connectivity index (χ0v) is 13.5. The van der Waals surface area contributed by atoms with Gasteiger partial charge < -0.3 is 14.2 Å². The maximum atomic E-state index is 12.1. The third-order valence-corrected chi connectivity index (χ3v) is 3.56. The summed E-state index contributed by atoms with van der Waals surface area (Å²) in [6.07, 6.45) is 0.670. The molecule has 0 aliphatic rings. The van der Waals surface area contributed by atoms with Crippen LogP contribution in [0.5, 0.6) is 11.5 Å². The Labute approximate surface area is 137 Å². The van der Waals surface area contributed by atoms with Crippen molar-refractivity contribution in [3.8, 4) is 11.5 Å². The highest BCUT2D eigenvalue weighted by Crippen LogP contribution is 2.18. The summed E-state index contributed by atoms with van der Waals surface area (Å²) in [7, 11) is 1.62. The van der Waals surface area contributed by atoms with Crippen molar-refractivity contribution in [3.63, 3.8) is 0 Å². The van der Waals surface area contributed by atoms with Crippen LogP contribution in [0.4, 0.5) is 0 Å². The third-order valence-electron chi connectivity index (χ3n) is 3.56. The van der Waals surface area contributed by atoms with Crippen molar-refractivity contribution in [3.05, 3.63) is 60.2 Å². The molecule has 2 rings (SSSR count). The van der Waals surface area contributed by atoms with Gasteiger partial charge in [0.2, 0.25) is 0 Å². The second kappa shape index (κ2) is 8.83. The first kappa shape index (κ1) is 16.9. The lowest BCUT2D eigenvalue weighted by Gasteiger charge is -2.15. The van der Waals surface area contributed by atoms with Crippen LogP contribution < -0.4 is 9.47 Å². The van der Waals surface area contributed by atoms with Crippen LogP contribution in [0.15, 0.2) is 54.6 Å². The molecule has 0 N–H and O–H groups in total. The van der Waals surface area contributed by atoms with E-state index in [0.29, 0.717) is 25.4 Å². The Morgan fingerprint density at radius 3 is 2.26 bits per heavy atom. The third kappa shape index (κ3) is 5.33. The normalized spacial score (nSPS) is 11.6. The van der Waals surface area contributed by atoms with Crippen molar-refractivity contribution >= 4 is 5.97 Å². The molecule has 1 atom stereocenters. The molecular formula is C19H22O4. The predicted molar refractivity (Wildman–Crippen MR) is 88.5 cm³/mol. The second-order valence-electron chi connectivity index (χ2n) is 5.19. The molecule has 0 radical (unpaired) electrons. The molecule has 0 fully saturated rings. The molecule has 0 amide bonds. The molecule has 4 heteroatoms. The van der Waals surface area contributed by atoms with Crippen LogP contribution in [0.2, 0.25) is 0 Å². The van der Waals surface area contributed by atoms with E-state index < -0.39 is 0 Å². The minimum atomic E-state index is -0.277. The highest BCUT2D eigenvalue weighted by molar-refractivity contribution is 5.72. The average molecular weight is 314 g/mol. The van der Waals surface area contributed by atoms with E-state index in [1.165, 1.54) is 0 Å². The summed E-state index contributed by atoms with van der Waals surface area (Å²) in [4.78, 5) is 12.1. The minimum Gasteiger partial charge on any atom is -0.497 e. The first-order valence-corrected chi connectivity index (χ1v) is 7.70. The summed E-state index contributed by atoms with van der Waals surface area (Å²) in [5.41, 5.74) is 0.978. The Kier molecular flexibility index (Phi) is 6.48. The number of hydrogen-bond donors (Lipinski definition) is 0. The standard InChI is InChI=1S/C19H22O4/c1-3-16(14-22-18-11-9-17(21-2)10-12-18)19(20)23-13-15-7-5-4-6-8-15/h4-12,16H,3,13-14H2,1-2H3. The van der Waals surface area contributed by atoms with Crippen molar-refractivity contribution in [2.75, 3.05) is 13.7 Å². The van der Waals surface area contributed by atoms with E-state index in [1.54, 1.807) is 7.11 Å². The van der Waals surface area contributed by atoms with Gasteiger partial charge in [0.1, 0.15) is 24.7 Å². The quantitative estimate of drug-likeness (QED) is 0.694. The van der Waals surface area contributed by atoms with Crippen LogP contribution in [0.25, 0.3) is 0 Å². The minimum absolute atomic E-state index is 0.232. The molecule has 0 bridgehead atoms. The molecule has 0 aliphatic carbocycles. The van der Waals surface area contributed by atoms with Crippen LogP contribution in [-0.2, 0) is 16.1 Å². The summed E-state index contributed by atoms with van der Waals surface area (Å²) < 4.78 is 16.1. The van der Waals surface area contributed by atoms with Crippen molar-refractivity contribution in [2.45, 2.75) is 20.0 Å². The van der Waals surface area contributed by atoms with E-state index in [9.17, 15) is 4.79 Å². The van der Waals surface area contributed by atoms with E-state index in [1.807, 2.05) is 61.5 Å². The molecule has 0 saturated carbocycles. The fourth-order valence-electron chi connectivity index (χ4n) is 2.07. The van der Waals surface area contributed by atoms with Crippen LogP contribution in [0, 0.1) is 5.92 Å². The fourth-order valence-corrected chi connectivity index (χ4v) is 2.07. The van der Waals surface area contributed by atoms with Gasteiger partial charge in [0.05, 0.1) is 13.0 Å². The fraction of sp³-hybridized carbons (Fsp3) is 0.316. The summed E-state index contributed by atoms with van der Waals surface area (Å²) in [6, 6.07) is 16.9. The van der Waals surface area contributed by atoms with Gasteiger partial charge in [0.15, 0.2) is 0 Å². The van der Waals surface area contributed by atoms with E-state index >= 15 is 0 Å². The molecule has 0 saturated heterocycles. The van der Waals surface area contributed by atoms with Crippen LogP contribution >= 0.6 is 0 Å². The highest BCUT2D eigenvalue weighted by atomic mass is 16.5. The van der Waals surface area contributed by atoms with Crippen LogP contribution in [-0.4, -0.2) is 19.7 Å². The highest BCUT2D eigenvalue weighted by Gasteiger charge is 2.19. The maximum absolute atomic E-state index is 12.1. The zero-order valence-electron chi connectivity index (χ0n) is 13.5. The first-order chi connectivity index (χ1) is 11.2. The number of ether oxygens (including phenoxy) is 3. The van der Waals surface area contributed by atoms with Gasteiger partial charge in [-0.1, -0.05) is 37.3 Å². The molecular weight excluding hydrogens is 292 g/mol. The van der Waals surface area contributed by atoms with Gasteiger partial charge >= 0.3 is 5.97 Å². The van der Waals surface area contributed by atoms with Crippen LogP contribution in [0.3, 0.4) is 0 Å². The Morgan fingerprint density at radius 2 is 1.65 bits per heavy atom. The van der Waals surface area contributed by atoms with Gasteiger partial charge in [-0.2, -0.15) is 0 Å². The van der Waals surface area contributed by atoms with E-state index in [2.05, 4.69) is 0 Å². The van der Waals surface area contributed by atoms with Gasteiger partial charge in [-0.15, -0.1) is 0 Å². The van der Waals surface area contributed by atoms with Crippen LogP contribution in [0.1, 0.15) is 18.9 Å². The van der Waals surface area contributed by atoms with Gasteiger partial charge in [0, 0.05) is 0 Å². The Bertz CT molecular complexity index is 593. The molecule has 1 unspecified atom stereocenters. The summed E-state index contributed by atoms with van der Waals surface area (Å²) in [5.74, 6) is 0.970. The maximum Gasteiger partial charge on any atom is 0.312 e. The molecule has 0 aromatic heterocycles. The molecule has 4 nitrogen and oxygen atoms in total. The monoisotopic (exact) mass is 314 g/mol. The summed E-state index contributed by atoms with van der Waals surface area (Å²) in [5, 5.41) is 0. The lowest BCUT2D eigenvalue weighted by molar-refractivity contribution is -0.151. The molecule has 0 spiro atoms. The topological polar surface area (TPSA) is 44.8 Å². The van der Waals surface area contributed by atoms with Gasteiger partial charge in [0.25, 0.3) is 0 Å². The average Bonchev–Trinajstić information content (AvgIpc) is 2.62. The number of methoxy groups -OCH3 is 1. The number of benzene rings is 2. The van der Waals surface area contributed by atoms with Crippen molar-refractivity contribution in [1.82, 2.24) is 0 Å². The van der Waals surface area contributed by atoms with Gasteiger partial charge in [-0.3, -0.25) is 4.79 Å². The molecule has 2 aromatic carbocycles. The lowest BCUT2D eigenvalue weighted by atomic mass is 10.1. The van der Waals surface area contributed by atoms with Crippen molar-refractivity contribution in [1.29, 1.82) is 0 Å². The smallest absolute Gasteiger partial charge is 0.312 e. The van der Waals surface area contributed by atoms with Gasteiger partial charge in [-0.25, -0.2) is 0 Å². The molecule has 0 heterocycles. The van der Waals surface area contributed by atoms with Crippen molar-refractivity contribution in [2.24, 2.45) is 5.92 Å². The molecule has 0 aliphatic heterocycles. The molecule has 2 aromatic rings. The number of carbonyl (C=O) groups is 1. The Morgan fingerprint density at radius 1 is 1.00 bits per heavy atom. The van der Waals surface area contributed by atoms with E-state index in [0.717, 1.165) is 11.3 Å². The number of hydrogen-bond acceptors (Lipinski definition) is 4. The Balaban J connectivity index is 1.82. The Hall–Kier alpha value is -2.49. The zero-order chi connectivity index (χ0) is 16.5. The lowest BCUT2D eigenvalue weighted by Crippen LogP contribution is -2.23. The second-order valence-corrected chi connectivity index (χ2v) is 5.19. The molecule has 23 heavy (non-hydrogen) atoms. The first-order valence-electron chi connectivity index (χ1n) is 7.70. The van der Waals surface area contributed by atoms with E-state index in [-0.39, 0.29) is 11.9 Å². The number of carbonyl (C=O) groups excluding carboxylic acids is 1. The van der Waals surface area contributed by atoms with Gasteiger partial charge in [-0.05, 0) is 36.2 Å². The number of esters is 1. The number of rotatable bonds is 8. The summed E-state index contributed by atoms with van der Waals surface area (Å²) >= 11 is 0. The van der Waals surface area contributed by atoms with Crippen molar-refractivity contribution < 1.29 is 19.0 Å². The van der Waals surface area contributed by atoms with E-state index in [4.69, 9.17) is 14.2 Å².